The van der Waals surface area contributed by atoms with Gasteiger partial charge in [-0.15, -0.1) is 11.3 Å². The summed E-state index contributed by atoms with van der Waals surface area (Å²) in [6, 6.07) is 10.4. The van der Waals surface area contributed by atoms with E-state index in [9.17, 15) is 9.90 Å². The highest BCUT2D eigenvalue weighted by molar-refractivity contribution is 7.17. The Labute approximate surface area is 131 Å². The van der Waals surface area contributed by atoms with Crippen molar-refractivity contribution in [2.75, 3.05) is 6.54 Å². The highest BCUT2D eigenvalue weighted by atomic mass is 35.5. The number of amides is 1. The second kappa shape index (κ2) is 7.09. The predicted octanol–water partition coefficient (Wildman–Crippen LogP) is 3.91. The van der Waals surface area contributed by atoms with Gasteiger partial charge in [0, 0.05) is 11.6 Å². The predicted molar refractivity (Wildman–Crippen MR) is 82.7 cm³/mol. The maximum absolute atomic E-state index is 11.8. The summed E-state index contributed by atoms with van der Waals surface area (Å²) in [5, 5.41) is 13.3. The molecule has 1 atom stereocenters. The van der Waals surface area contributed by atoms with E-state index in [-0.39, 0.29) is 5.91 Å². The summed E-state index contributed by atoms with van der Waals surface area (Å²) in [4.78, 5) is 12.3. The van der Waals surface area contributed by atoms with Crippen molar-refractivity contribution in [3.05, 3.63) is 56.2 Å². The number of aliphatic hydroxyl groups is 1. The van der Waals surface area contributed by atoms with Crippen LogP contribution in [-0.2, 0) is 0 Å². The molecular weight excluding hydrogens is 317 g/mol. The molecule has 0 spiro atoms. The van der Waals surface area contributed by atoms with E-state index in [4.69, 9.17) is 23.2 Å². The largest absolute Gasteiger partial charge is 0.388 e. The van der Waals surface area contributed by atoms with E-state index in [0.29, 0.717) is 27.2 Å². The molecule has 2 aromatic rings. The molecule has 0 saturated carbocycles. The van der Waals surface area contributed by atoms with Crippen LogP contribution in [0.1, 0.15) is 27.8 Å². The lowest BCUT2D eigenvalue weighted by Gasteiger charge is -2.11. The summed E-state index contributed by atoms with van der Waals surface area (Å²) in [7, 11) is 0. The fourth-order valence-corrected chi connectivity index (χ4v) is 2.88. The first-order chi connectivity index (χ1) is 9.56. The first-order valence-electron chi connectivity index (χ1n) is 6.03. The molecule has 20 heavy (non-hydrogen) atoms. The third-order valence-corrected chi connectivity index (χ3v) is 4.20. The van der Waals surface area contributed by atoms with Gasteiger partial charge in [0.15, 0.2) is 0 Å². The van der Waals surface area contributed by atoms with Gasteiger partial charge in [-0.25, -0.2) is 0 Å². The molecule has 0 unspecified atom stereocenters. The van der Waals surface area contributed by atoms with Crippen LogP contribution in [0.2, 0.25) is 9.36 Å². The van der Waals surface area contributed by atoms with Crippen LogP contribution in [0.25, 0.3) is 0 Å². The minimum atomic E-state index is -0.652. The Kier molecular flexibility index (Phi) is 5.43. The van der Waals surface area contributed by atoms with Crippen molar-refractivity contribution in [1.29, 1.82) is 0 Å². The topological polar surface area (TPSA) is 49.3 Å². The number of carbonyl (C=O) groups excluding carboxylic acids is 1. The van der Waals surface area contributed by atoms with Gasteiger partial charge in [0.25, 0.3) is 5.91 Å². The van der Waals surface area contributed by atoms with Gasteiger partial charge in [-0.1, -0.05) is 35.3 Å². The average molecular weight is 330 g/mol. The normalized spacial score (nSPS) is 12.2. The van der Waals surface area contributed by atoms with Crippen molar-refractivity contribution >= 4 is 40.4 Å². The third-order valence-electron chi connectivity index (χ3n) is 2.73. The third kappa shape index (κ3) is 4.21. The second-order valence-corrected chi connectivity index (χ2v) is 6.37. The number of benzene rings is 1. The van der Waals surface area contributed by atoms with Crippen LogP contribution >= 0.6 is 34.5 Å². The Morgan fingerprint density at radius 2 is 2.10 bits per heavy atom. The molecule has 1 aromatic carbocycles. The molecule has 0 aliphatic heterocycles. The number of hydrogen-bond donors (Lipinski definition) is 2. The van der Waals surface area contributed by atoms with Gasteiger partial charge in [0.2, 0.25) is 0 Å². The van der Waals surface area contributed by atoms with Crippen molar-refractivity contribution < 1.29 is 9.90 Å². The van der Waals surface area contributed by atoms with Crippen LogP contribution in [0.3, 0.4) is 0 Å². The Hall–Kier alpha value is -1.07. The van der Waals surface area contributed by atoms with E-state index in [1.54, 1.807) is 36.4 Å². The lowest BCUT2D eigenvalue weighted by molar-refractivity contribution is 0.0946. The lowest BCUT2D eigenvalue weighted by atomic mass is 10.1. The van der Waals surface area contributed by atoms with Crippen molar-refractivity contribution in [2.45, 2.75) is 12.5 Å². The van der Waals surface area contributed by atoms with Crippen molar-refractivity contribution in [3.63, 3.8) is 0 Å². The Morgan fingerprint density at radius 3 is 2.75 bits per heavy atom. The maximum atomic E-state index is 11.8. The van der Waals surface area contributed by atoms with E-state index in [0.717, 1.165) is 5.56 Å². The van der Waals surface area contributed by atoms with E-state index >= 15 is 0 Å². The first kappa shape index (κ1) is 15.3. The van der Waals surface area contributed by atoms with Gasteiger partial charge in [-0.3, -0.25) is 4.79 Å². The zero-order valence-corrected chi connectivity index (χ0v) is 12.8. The Balaban J connectivity index is 1.82. The fourth-order valence-electron chi connectivity index (χ4n) is 1.73. The van der Waals surface area contributed by atoms with Crippen LogP contribution in [0.15, 0.2) is 36.4 Å². The number of nitrogens with one attached hydrogen (secondary N) is 1. The molecule has 0 radical (unpaired) electrons. The summed E-state index contributed by atoms with van der Waals surface area (Å²) < 4.78 is 0.578. The number of carbonyl (C=O) groups is 1. The minimum absolute atomic E-state index is 0.180. The summed E-state index contributed by atoms with van der Waals surface area (Å²) in [5.74, 6) is -0.180. The fraction of sp³-hybridized carbons (Fsp3) is 0.214. The first-order valence-corrected chi connectivity index (χ1v) is 7.60. The number of thiophene rings is 1. The number of halogens is 2. The van der Waals surface area contributed by atoms with Gasteiger partial charge < -0.3 is 10.4 Å². The lowest BCUT2D eigenvalue weighted by Crippen LogP contribution is -2.24. The van der Waals surface area contributed by atoms with Crippen molar-refractivity contribution in [2.24, 2.45) is 0 Å². The molecular formula is C14H13Cl2NO2S. The molecule has 0 bridgehead atoms. The van der Waals surface area contributed by atoms with Crippen LogP contribution in [0.5, 0.6) is 0 Å². The molecule has 2 N–H and O–H groups in total. The molecule has 0 saturated heterocycles. The zero-order valence-electron chi connectivity index (χ0n) is 10.5. The smallest absolute Gasteiger partial charge is 0.261 e. The van der Waals surface area contributed by atoms with Gasteiger partial charge in [0.05, 0.1) is 15.3 Å². The van der Waals surface area contributed by atoms with Crippen molar-refractivity contribution in [1.82, 2.24) is 5.32 Å². The molecule has 1 heterocycles. The van der Waals surface area contributed by atoms with E-state index < -0.39 is 6.10 Å². The van der Waals surface area contributed by atoms with Gasteiger partial charge in [-0.2, -0.15) is 0 Å². The monoisotopic (exact) mass is 329 g/mol. The number of hydrogen-bond acceptors (Lipinski definition) is 3. The summed E-state index contributed by atoms with van der Waals surface area (Å²) in [5.41, 5.74) is 0.742. The van der Waals surface area contributed by atoms with Crippen LogP contribution < -0.4 is 5.32 Å². The number of rotatable bonds is 5. The van der Waals surface area contributed by atoms with Crippen LogP contribution in [0, 0.1) is 0 Å². The molecule has 1 amide bonds. The molecule has 3 nitrogen and oxygen atoms in total. The quantitative estimate of drug-likeness (QED) is 0.873. The molecule has 2 rings (SSSR count). The molecule has 0 aliphatic carbocycles. The highest BCUT2D eigenvalue weighted by Gasteiger charge is 2.11. The maximum Gasteiger partial charge on any atom is 0.261 e. The molecule has 0 aliphatic rings. The standard InChI is InChI=1S/C14H13Cl2NO2S/c15-10-3-1-2-9(8-10)11(18)6-7-17-14(19)12-4-5-13(16)20-12/h1-5,8,11,18H,6-7H2,(H,17,19)/t11-/m0/s1. The van der Waals surface area contributed by atoms with Crippen molar-refractivity contribution in [3.8, 4) is 0 Å². The molecule has 6 heteroatoms. The molecule has 0 fully saturated rings. The average Bonchev–Trinajstić information content (AvgIpc) is 2.85. The van der Waals surface area contributed by atoms with Crippen LogP contribution in [0.4, 0.5) is 0 Å². The van der Waals surface area contributed by atoms with Gasteiger partial charge in [-0.05, 0) is 36.2 Å². The highest BCUT2D eigenvalue weighted by Crippen LogP contribution is 2.22. The van der Waals surface area contributed by atoms with E-state index in [1.807, 2.05) is 0 Å². The Morgan fingerprint density at radius 1 is 1.30 bits per heavy atom. The summed E-state index contributed by atoms with van der Waals surface area (Å²) in [6.45, 7) is 0.377. The van der Waals surface area contributed by atoms with E-state index in [1.165, 1.54) is 11.3 Å². The SMILES string of the molecule is O=C(NCC[C@H](O)c1cccc(Cl)c1)c1ccc(Cl)s1. The summed E-state index contributed by atoms with van der Waals surface area (Å²) in [6.07, 6.45) is -0.230. The number of aliphatic hydroxyl groups excluding tert-OH is 1. The second-order valence-electron chi connectivity index (χ2n) is 4.22. The summed E-state index contributed by atoms with van der Waals surface area (Å²) >= 11 is 12.9. The molecule has 1 aromatic heterocycles. The zero-order chi connectivity index (χ0) is 14.5. The Bertz CT molecular complexity index is 600. The van der Waals surface area contributed by atoms with Gasteiger partial charge in [0.1, 0.15) is 0 Å². The van der Waals surface area contributed by atoms with Gasteiger partial charge >= 0.3 is 0 Å². The van der Waals surface area contributed by atoms with E-state index in [2.05, 4.69) is 5.32 Å². The minimum Gasteiger partial charge on any atom is -0.388 e. The van der Waals surface area contributed by atoms with Crippen LogP contribution in [-0.4, -0.2) is 17.6 Å². The molecule has 106 valence electrons.